The third-order valence-corrected chi connectivity index (χ3v) is 4.12. The number of nitro benzene ring substituents is 1. The number of imide groups is 1. The number of hydrogen-bond donors (Lipinski definition) is 2. The molecule has 3 atom stereocenters. The fourth-order valence-corrected chi connectivity index (χ4v) is 2.99. The van der Waals surface area contributed by atoms with Crippen LogP contribution >= 0.6 is 0 Å². The van der Waals surface area contributed by atoms with Gasteiger partial charge in [0.1, 0.15) is 12.1 Å². The molecule has 0 radical (unpaired) electrons. The van der Waals surface area contributed by atoms with E-state index in [9.17, 15) is 40.0 Å². The van der Waals surface area contributed by atoms with Gasteiger partial charge in [-0.15, -0.1) is 0 Å². The van der Waals surface area contributed by atoms with E-state index < -0.39 is 57.7 Å². The van der Waals surface area contributed by atoms with Gasteiger partial charge in [0.2, 0.25) is 5.91 Å². The summed E-state index contributed by atoms with van der Waals surface area (Å²) in [5.41, 5.74) is -1.35. The summed E-state index contributed by atoms with van der Waals surface area (Å²) < 4.78 is 0. The maximum atomic E-state index is 12.3. The second kappa shape index (κ2) is 5.72. The quantitative estimate of drug-likeness (QED) is 0.336. The van der Waals surface area contributed by atoms with Gasteiger partial charge in [-0.05, 0) is 11.6 Å². The molecule has 1 aliphatic carbocycles. The number of nitro groups is 2. The second-order valence-electron chi connectivity index (χ2n) is 5.54. The first kappa shape index (κ1) is 16.7. The largest absolute Gasteiger partial charge is 0.384 e. The molecule has 2 N–H and O–H groups in total. The molecule has 1 saturated heterocycles. The van der Waals surface area contributed by atoms with Gasteiger partial charge in [-0.1, -0.05) is 12.2 Å². The molecule has 2 amide bonds. The number of hydrogen-bond acceptors (Lipinski definition) is 8. The van der Waals surface area contributed by atoms with Gasteiger partial charge >= 0.3 is 5.91 Å². The molecule has 11 nitrogen and oxygen atoms in total. The molecule has 0 saturated carbocycles. The molecule has 1 heterocycles. The van der Waals surface area contributed by atoms with Crippen LogP contribution in [0.2, 0.25) is 0 Å². The van der Waals surface area contributed by atoms with Gasteiger partial charge in [0.05, 0.1) is 17.1 Å². The zero-order valence-electron chi connectivity index (χ0n) is 12.4. The summed E-state index contributed by atoms with van der Waals surface area (Å²) in [6, 6.07) is 0.331. The normalized spacial score (nSPS) is 25.2. The molecule has 1 fully saturated rings. The van der Waals surface area contributed by atoms with E-state index in [4.69, 9.17) is 0 Å². The third-order valence-electron chi connectivity index (χ3n) is 4.12. The Kier molecular flexibility index (Phi) is 3.81. The van der Waals surface area contributed by atoms with Gasteiger partial charge in [-0.2, -0.15) is 0 Å². The van der Waals surface area contributed by atoms with E-state index in [1.807, 2.05) is 0 Å². The van der Waals surface area contributed by atoms with Crippen LogP contribution in [0.1, 0.15) is 29.8 Å². The Morgan fingerprint density at radius 2 is 1.72 bits per heavy atom. The number of carbonyl (C=O) groups excluding carboxylic acids is 2. The first-order chi connectivity index (χ1) is 11.7. The van der Waals surface area contributed by atoms with Crippen LogP contribution in [0.3, 0.4) is 0 Å². The van der Waals surface area contributed by atoms with Crippen molar-refractivity contribution in [1.82, 2.24) is 0 Å². The van der Waals surface area contributed by atoms with E-state index in [2.05, 4.69) is 0 Å². The highest BCUT2D eigenvalue weighted by Crippen LogP contribution is 2.44. The van der Waals surface area contributed by atoms with E-state index in [0.29, 0.717) is 4.90 Å². The molecule has 0 bridgehead atoms. The summed E-state index contributed by atoms with van der Waals surface area (Å²) >= 11 is 0. The van der Waals surface area contributed by atoms with Gasteiger partial charge in [-0.25, -0.2) is 4.90 Å². The smallest absolute Gasteiger partial charge is 0.309 e. The Hall–Kier alpha value is -3.18. The SMILES string of the molecule is O=C1CC([N+](=O)[O-])C(=O)N1c1c([N+](=O)[O-])ccc2c1C(O)C=CC2O. The highest BCUT2D eigenvalue weighted by atomic mass is 16.6. The average Bonchev–Trinajstić information content (AvgIpc) is 2.84. The molecule has 1 aliphatic heterocycles. The zero-order chi connectivity index (χ0) is 18.5. The van der Waals surface area contributed by atoms with E-state index in [-0.39, 0.29) is 11.1 Å². The van der Waals surface area contributed by atoms with Crippen molar-refractivity contribution in [2.24, 2.45) is 0 Å². The first-order valence-corrected chi connectivity index (χ1v) is 7.10. The van der Waals surface area contributed by atoms with Gasteiger partial charge < -0.3 is 10.2 Å². The lowest BCUT2D eigenvalue weighted by Crippen LogP contribution is -2.36. The Morgan fingerprint density at radius 3 is 2.28 bits per heavy atom. The highest BCUT2D eigenvalue weighted by molar-refractivity contribution is 6.23. The maximum absolute atomic E-state index is 12.3. The molecule has 0 aromatic heterocycles. The molecule has 1 aromatic rings. The van der Waals surface area contributed by atoms with Gasteiger partial charge in [0.15, 0.2) is 0 Å². The maximum Gasteiger partial charge on any atom is 0.309 e. The van der Waals surface area contributed by atoms with Crippen molar-refractivity contribution in [2.75, 3.05) is 4.90 Å². The van der Waals surface area contributed by atoms with Crippen molar-refractivity contribution >= 4 is 23.2 Å². The number of aliphatic hydroxyl groups is 2. The minimum atomic E-state index is -1.84. The lowest BCUT2D eigenvalue weighted by Gasteiger charge is -2.26. The molecular formula is C14H11N3O8. The molecule has 1 aromatic carbocycles. The van der Waals surface area contributed by atoms with Crippen LogP contribution in [0.5, 0.6) is 0 Å². The fraction of sp³-hybridized carbons (Fsp3) is 0.286. The van der Waals surface area contributed by atoms with Gasteiger partial charge in [-0.3, -0.25) is 29.8 Å². The minimum Gasteiger partial charge on any atom is -0.384 e. The molecule has 0 spiro atoms. The summed E-state index contributed by atoms with van der Waals surface area (Å²) in [6.45, 7) is 0. The van der Waals surface area contributed by atoms with E-state index >= 15 is 0 Å². The summed E-state index contributed by atoms with van der Waals surface area (Å²) in [5, 5.41) is 42.4. The number of rotatable bonds is 3. The lowest BCUT2D eigenvalue weighted by molar-refractivity contribution is -0.504. The summed E-state index contributed by atoms with van der Waals surface area (Å²) in [4.78, 5) is 45.3. The molecule has 2 aliphatic rings. The Morgan fingerprint density at radius 1 is 1.08 bits per heavy atom. The Bertz CT molecular complexity index is 849. The van der Waals surface area contributed by atoms with E-state index in [1.165, 1.54) is 12.1 Å². The minimum absolute atomic E-state index is 0.0701. The summed E-state index contributed by atoms with van der Waals surface area (Å²) in [5.74, 6) is -2.21. The van der Waals surface area contributed by atoms with Crippen LogP contribution in [-0.4, -0.2) is 37.9 Å². The summed E-state index contributed by atoms with van der Waals surface area (Å²) in [6.07, 6.45) is -0.978. The predicted octanol–water partition coefficient (Wildman–Crippen LogP) is 0.140. The number of amides is 2. The number of nitrogens with zero attached hydrogens (tertiary/aromatic N) is 3. The van der Waals surface area contributed by atoms with Crippen molar-refractivity contribution in [1.29, 1.82) is 0 Å². The molecule has 3 rings (SSSR count). The fourth-order valence-electron chi connectivity index (χ4n) is 2.99. The van der Waals surface area contributed by atoms with Crippen LogP contribution in [-0.2, 0) is 9.59 Å². The van der Waals surface area contributed by atoms with Crippen molar-refractivity contribution in [3.05, 3.63) is 55.6 Å². The first-order valence-electron chi connectivity index (χ1n) is 7.10. The molecular weight excluding hydrogens is 338 g/mol. The zero-order valence-corrected chi connectivity index (χ0v) is 12.4. The van der Waals surface area contributed by atoms with Crippen molar-refractivity contribution in [3.63, 3.8) is 0 Å². The average molecular weight is 349 g/mol. The topological polar surface area (TPSA) is 164 Å². The van der Waals surface area contributed by atoms with Gasteiger partial charge in [0, 0.05) is 16.6 Å². The van der Waals surface area contributed by atoms with Crippen molar-refractivity contribution < 1.29 is 29.6 Å². The highest BCUT2D eigenvalue weighted by Gasteiger charge is 2.50. The number of carbonyl (C=O) groups is 2. The van der Waals surface area contributed by atoms with Crippen LogP contribution in [0.15, 0.2) is 24.3 Å². The molecule has 11 heteroatoms. The lowest BCUT2D eigenvalue weighted by atomic mass is 9.90. The van der Waals surface area contributed by atoms with E-state index in [0.717, 1.165) is 12.1 Å². The molecule has 3 unspecified atom stereocenters. The van der Waals surface area contributed by atoms with Crippen molar-refractivity contribution in [3.8, 4) is 0 Å². The second-order valence-corrected chi connectivity index (χ2v) is 5.54. The molecule has 25 heavy (non-hydrogen) atoms. The van der Waals surface area contributed by atoms with Gasteiger partial charge in [0.25, 0.3) is 11.7 Å². The van der Waals surface area contributed by atoms with Crippen LogP contribution < -0.4 is 4.90 Å². The standard InChI is InChI=1S/C14H11N3O8/c18-9-3-4-10(19)12-6(9)1-2-7(16(22)23)13(12)15-11(20)5-8(14(15)21)17(24)25/h1-4,8-10,18-19H,5H2. The van der Waals surface area contributed by atoms with E-state index in [1.54, 1.807) is 0 Å². The molecule has 130 valence electrons. The number of benzene rings is 1. The van der Waals surface area contributed by atoms with Crippen LogP contribution in [0, 0.1) is 20.2 Å². The monoisotopic (exact) mass is 349 g/mol. The van der Waals surface area contributed by atoms with Crippen molar-refractivity contribution in [2.45, 2.75) is 24.7 Å². The van der Waals surface area contributed by atoms with Crippen LogP contribution in [0.25, 0.3) is 0 Å². The van der Waals surface area contributed by atoms with Crippen LogP contribution in [0.4, 0.5) is 11.4 Å². The number of anilines is 1. The number of aliphatic hydroxyl groups excluding tert-OH is 2. The third kappa shape index (κ3) is 2.45. The number of fused-ring (bicyclic) bond motifs is 1. The Labute approximate surface area is 139 Å². The predicted molar refractivity (Wildman–Crippen MR) is 80.0 cm³/mol. The summed E-state index contributed by atoms with van der Waals surface area (Å²) in [7, 11) is 0. The Balaban J connectivity index is 2.27.